The Morgan fingerprint density at radius 1 is 0.933 bits per heavy atom. The van der Waals surface area contributed by atoms with Crippen LogP contribution >= 0.6 is 0 Å². The number of ether oxygens (including phenoxy) is 1. The molecule has 2 aromatic carbocycles. The van der Waals surface area contributed by atoms with Crippen LogP contribution in [0.2, 0.25) is 0 Å². The van der Waals surface area contributed by atoms with Crippen LogP contribution in [0.5, 0.6) is 5.75 Å². The third kappa shape index (κ3) is 3.47. The topological polar surface area (TPSA) is 49.9 Å². The Labute approximate surface area is 175 Å². The number of anilines is 1. The first kappa shape index (κ1) is 20.1. The van der Waals surface area contributed by atoms with E-state index in [1.54, 1.807) is 37.4 Å². The maximum absolute atomic E-state index is 14.5. The first-order chi connectivity index (χ1) is 14.4. The first-order valence-corrected chi connectivity index (χ1v) is 10.2. The van der Waals surface area contributed by atoms with Crippen LogP contribution in [-0.4, -0.2) is 36.9 Å². The monoisotopic (exact) mass is 408 g/mol. The van der Waals surface area contributed by atoms with Crippen molar-refractivity contribution >= 4 is 23.1 Å². The normalized spacial score (nSPS) is 22.1. The molecule has 0 radical (unpaired) electrons. The van der Waals surface area contributed by atoms with E-state index in [1.165, 1.54) is 18.2 Å². The Bertz CT molecular complexity index is 1010. The lowest BCUT2D eigenvalue weighted by molar-refractivity contribution is -0.121. The fraction of sp³-hybridized carbons (Fsp3) is 0.333. The van der Waals surface area contributed by atoms with E-state index in [2.05, 4.69) is 13.8 Å². The molecule has 30 heavy (non-hydrogen) atoms. The molecule has 2 heterocycles. The van der Waals surface area contributed by atoms with E-state index in [1.807, 2.05) is 4.90 Å². The number of amides is 2. The number of benzene rings is 2. The van der Waals surface area contributed by atoms with Gasteiger partial charge in [-0.1, -0.05) is 38.1 Å². The molecule has 156 valence electrons. The van der Waals surface area contributed by atoms with E-state index in [0.29, 0.717) is 47.5 Å². The lowest BCUT2D eigenvalue weighted by atomic mass is 9.91. The molecule has 2 amide bonds. The number of halogens is 1. The summed E-state index contributed by atoms with van der Waals surface area (Å²) in [5, 5.41) is 0. The van der Waals surface area contributed by atoms with E-state index in [4.69, 9.17) is 4.74 Å². The van der Waals surface area contributed by atoms with Gasteiger partial charge < -0.3 is 9.64 Å². The van der Waals surface area contributed by atoms with Gasteiger partial charge in [-0.15, -0.1) is 0 Å². The minimum Gasteiger partial charge on any atom is -0.497 e. The van der Waals surface area contributed by atoms with E-state index in [-0.39, 0.29) is 5.69 Å². The van der Waals surface area contributed by atoms with Gasteiger partial charge in [0.1, 0.15) is 17.3 Å². The van der Waals surface area contributed by atoms with Crippen molar-refractivity contribution in [2.45, 2.75) is 20.3 Å². The number of nitrogens with zero attached hydrogens (tertiary/aromatic N) is 2. The molecule has 2 aliphatic heterocycles. The number of carbonyl (C=O) groups excluding carboxylic acids is 2. The summed E-state index contributed by atoms with van der Waals surface area (Å²) in [6, 6.07) is 12.9. The molecule has 0 aromatic heterocycles. The molecule has 2 aromatic rings. The molecule has 0 spiro atoms. The Morgan fingerprint density at radius 3 is 2.17 bits per heavy atom. The third-order valence-electron chi connectivity index (χ3n) is 5.72. The lowest BCUT2D eigenvalue weighted by Crippen LogP contribution is -2.42. The number of likely N-dealkylation sites (tertiary alicyclic amines) is 1. The van der Waals surface area contributed by atoms with Crippen LogP contribution in [0, 0.1) is 17.7 Å². The fourth-order valence-electron chi connectivity index (χ4n) is 4.53. The van der Waals surface area contributed by atoms with Gasteiger partial charge in [-0.25, -0.2) is 9.29 Å². The molecule has 4 rings (SSSR count). The Kier molecular flexibility index (Phi) is 5.33. The van der Waals surface area contributed by atoms with Gasteiger partial charge in [-0.3, -0.25) is 9.59 Å². The molecule has 0 bridgehead atoms. The van der Waals surface area contributed by atoms with Crippen molar-refractivity contribution in [2.24, 2.45) is 11.8 Å². The highest BCUT2D eigenvalue weighted by molar-refractivity contribution is 6.45. The number of para-hydroxylation sites is 1. The highest BCUT2D eigenvalue weighted by atomic mass is 19.1. The van der Waals surface area contributed by atoms with E-state index >= 15 is 0 Å². The minimum atomic E-state index is -0.602. The van der Waals surface area contributed by atoms with Gasteiger partial charge in [0.2, 0.25) is 0 Å². The second kappa shape index (κ2) is 7.94. The number of methoxy groups -OCH3 is 1. The predicted octanol–water partition coefficient (Wildman–Crippen LogP) is 4.10. The number of hydrogen-bond donors (Lipinski definition) is 0. The molecular weight excluding hydrogens is 383 g/mol. The number of imide groups is 1. The Balaban J connectivity index is 1.84. The van der Waals surface area contributed by atoms with Gasteiger partial charge in [0.25, 0.3) is 11.8 Å². The molecule has 1 fully saturated rings. The van der Waals surface area contributed by atoms with Crippen LogP contribution in [0.25, 0.3) is 5.57 Å². The molecule has 0 saturated carbocycles. The maximum Gasteiger partial charge on any atom is 0.282 e. The molecule has 0 N–H and O–H groups in total. The highest BCUT2D eigenvalue weighted by Crippen LogP contribution is 2.38. The Morgan fingerprint density at radius 2 is 1.57 bits per heavy atom. The number of piperidine rings is 1. The molecule has 2 atom stereocenters. The van der Waals surface area contributed by atoms with Crippen molar-refractivity contribution in [1.29, 1.82) is 0 Å². The van der Waals surface area contributed by atoms with Crippen molar-refractivity contribution in [3.8, 4) is 5.75 Å². The summed E-state index contributed by atoms with van der Waals surface area (Å²) in [7, 11) is 1.57. The molecule has 2 unspecified atom stereocenters. The van der Waals surface area contributed by atoms with Crippen molar-refractivity contribution < 1.29 is 18.7 Å². The van der Waals surface area contributed by atoms with Gasteiger partial charge in [0.15, 0.2) is 0 Å². The summed E-state index contributed by atoms with van der Waals surface area (Å²) in [5.74, 6) is -0.139. The van der Waals surface area contributed by atoms with Crippen molar-refractivity contribution in [3.63, 3.8) is 0 Å². The standard InChI is InChI=1S/C24H25FN2O3/c1-15-12-16(2)14-26(13-15)22-21(17-8-10-18(30-3)11-9-17)23(28)27(24(22)29)20-7-5-4-6-19(20)25/h4-11,15-16H,12-14H2,1-3H3. The molecule has 1 saturated heterocycles. The van der Waals surface area contributed by atoms with Gasteiger partial charge in [0.05, 0.1) is 18.4 Å². The van der Waals surface area contributed by atoms with E-state index in [0.717, 1.165) is 11.3 Å². The third-order valence-corrected chi connectivity index (χ3v) is 5.72. The predicted molar refractivity (Wildman–Crippen MR) is 113 cm³/mol. The van der Waals surface area contributed by atoms with Crippen molar-refractivity contribution in [2.75, 3.05) is 25.1 Å². The molecular formula is C24H25FN2O3. The summed E-state index contributed by atoms with van der Waals surface area (Å²) >= 11 is 0. The Hall–Kier alpha value is -3.15. The minimum absolute atomic E-state index is 0.0216. The number of rotatable bonds is 4. The smallest absolute Gasteiger partial charge is 0.282 e. The van der Waals surface area contributed by atoms with Crippen LogP contribution in [0.15, 0.2) is 54.2 Å². The summed E-state index contributed by atoms with van der Waals surface area (Å²) in [4.78, 5) is 29.9. The largest absolute Gasteiger partial charge is 0.497 e. The van der Waals surface area contributed by atoms with Crippen LogP contribution in [0.4, 0.5) is 10.1 Å². The second-order valence-corrected chi connectivity index (χ2v) is 8.20. The van der Waals surface area contributed by atoms with Gasteiger partial charge >= 0.3 is 0 Å². The van der Waals surface area contributed by atoms with Crippen molar-refractivity contribution in [3.05, 3.63) is 65.6 Å². The van der Waals surface area contributed by atoms with Gasteiger partial charge in [0, 0.05) is 13.1 Å². The van der Waals surface area contributed by atoms with Crippen LogP contribution in [0.3, 0.4) is 0 Å². The average molecular weight is 408 g/mol. The summed E-state index contributed by atoms with van der Waals surface area (Å²) in [6.45, 7) is 5.66. The first-order valence-electron chi connectivity index (χ1n) is 10.2. The SMILES string of the molecule is COc1ccc(C2=C(N3CC(C)CC(C)C3)C(=O)N(c3ccccc3F)C2=O)cc1. The summed E-state index contributed by atoms with van der Waals surface area (Å²) < 4.78 is 19.7. The summed E-state index contributed by atoms with van der Waals surface area (Å²) in [6.07, 6.45) is 1.07. The summed E-state index contributed by atoms with van der Waals surface area (Å²) in [5.41, 5.74) is 1.26. The van der Waals surface area contributed by atoms with Gasteiger partial charge in [-0.05, 0) is 48.1 Å². The second-order valence-electron chi connectivity index (χ2n) is 8.20. The van der Waals surface area contributed by atoms with Crippen LogP contribution in [0.1, 0.15) is 25.8 Å². The molecule has 0 aliphatic carbocycles. The number of carbonyl (C=O) groups is 2. The maximum atomic E-state index is 14.5. The van der Waals surface area contributed by atoms with Crippen LogP contribution < -0.4 is 9.64 Å². The van der Waals surface area contributed by atoms with E-state index in [9.17, 15) is 14.0 Å². The number of hydrogen-bond acceptors (Lipinski definition) is 4. The quantitative estimate of drug-likeness (QED) is 0.715. The van der Waals surface area contributed by atoms with Crippen molar-refractivity contribution in [1.82, 2.24) is 4.90 Å². The fourth-order valence-corrected chi connectivity index (χ4v) is 4.53. The molecule has 6 heteroatoms. The zero-order valence-electron chi connectivity index (χ0n) is 17.4. The highest BCUT2D eigenvalue weighted by Gasteiger charge is 2.44. The lowest BCUT2D eigenvalue weighted by Gasteiger charge is -2.37. The van der Waals surface area contributed by atoms with E-state index < -0.39 is 17.6 Å². The van der Waals surface area contributed by atoms with Gasteiger partial charge in [-0.2, -0.15) is 0 Å². The molecule has 5 nitrogen and oxygen atoms in total. The van der Waals surface area contributed by atoms with Crippen LogP contribution in [-0.2, 0) is 9.59 Å². The zero-order chi connectivity index (χ0) is 21.4. The molecule has 2 aliphatic rings. The zero-order valence-corrected chi connectivity index (χ0v) is 17.4. The average Bonchev–Trinajstić information content (AvgIpc) is 2.98.